The van der Waals surface area contributed by atoms with Crippen LogP contribution in [0.5, 0.6) is 11.5 Å². The Morgan fingerprint density at radius 3 is 2.33 bits per heavy atom. The van der Waals surface area contributed by atoms with Gasteiger partial charge in [0.25, 0.3) is 5.91 Å². The minimum Gasteiger partial charge on any atom is -0.507 e. The van der Waals surface area contributed by atoms with Gasteiger partial charge in [0.05, 0.1) is 6.10 Å². The largest absolute Gasteiger partial charge is 0.507 e. The summed E-state index contributed by atoms with van der Waals surface area (Å²) < 4.78 is 0. The van der Waals surface area contributed by atoms with E-state index in [1.807, 2.05) is 13.8 Å². The third-order valence-electron chi connectivity index (χ3n) is 3.77. The zero-order chi connectivity index (χ0) is 13.5. The van der Waals surface area contributed by atoms with Gasteiger partial charge in [-0.25, -0.2) is 0 Å². The fraction of sp³-hybridized carbons (Fsp3) is 0.462. The Morgan fingerprint density at radius 2 is 1.89 bits per heavy atom. The van der Waals surface area contributed by atoms with Crippen molar-refractivity contribution in [1.82, 2.24) is 5.32 Å². The monoisotopic (exact) mass is 251 g/mol. The van der Waals surface area contributed by atoms with E-state index in [2.05, 4.69) is 5.32 Å². The number of aromatic hydroxyl groups is 2. The fourth-order valence-corrected chi connectivity index (χ4v) is 2.14. The van der Waals surface area contributed by atoms with Gasteiger partial charge < -0.3 is 20.6 Å². The maximum Gasteiger partial charge on any atom is 0.259 e. The number of hydrogen-bond donors (Lipinski definition) is 4. The molecule has 0 aliphatic heterocycles. The predicted octanol–water partition coefficient (Wildman–Crippen LogP) is 0.987. The number of benzene rings is 1. The Balaban J connectivity index is 2.14. The fourth-order valence-electron chi connectivity index (χ4n) is 2.14. The maximum atomic E-state index is 12.0. The molecule has 5 nitrogen and oxygen atoms in total. The molecule has 0 spiro atoms. The molecule has 0 aromatic heterocycles. The molecule has 0 saturated heterocycles. The predicted molar refractivity (Wildman–Crippen MR) is 65.4 cm³/mol. The van der Waals surface area contributed by atoms with Crippen LogP contribution in [0.2, 0.25) is 0 Å². The number of nitrogens with one attached hydrogen (secondary N) is 1. The second-order valence-corrected chi connectivity index (χ2v) is 5.27. The zero-order valence-corrected chi connectivity index (χ0v) is 10.3. The third kappa shape index (κ3) is 1.90. The molecule has 1 fully saturated rings. The van der Waals surface area contributed by atoms with Gasteiger partial charge in [0.2, 0.25) is 0 Å². The average Bonchev–Trinajstić information content (AvgIpc) is 2.28. The van der Waals surface area contributed by atoms with Crippen LogP contribution in [0.15, 0.2) is 18.2 Å². The lowest BCUT2D eigenvalue weighted by Gasteiger charge is -2.49. The van der Waals surface area contributed by atoms with Crippen molar-refractivity contribution in [1.29, 1.82) is 0 Å². The molecule has 1 aliphatic carbocycles. The van der Waals surface area contributed by atoms with E-state index in [1.54, 1.807) is 0 Å². The second-order valence-electron chi connectivity index (χ2n) is 5.27. The third-order valence-corrected chi connectivity index (χ3v) is 3.77. The topological polar surface area (TPSA) is 89.8 Å². The van der Waals surface area contributed by atoms with Gasteiger partial charge in [-0.1, -0.05) is 19.9 Å². The van der Waals surface area contributed by atoms with E-state index in [9.17, 15) is 20.1 Å². The van der Waals surface area contributed by atoms with Gasteiger partial charge in [0.15, 0.2) is 0 Å². The van der Waals surface area contributed by atoms with Crippen LogP contribution in [0.25, 0.3) is 0 Å². The smallest absolute Gasteiger partial charge is 0.259 e. The molecule has 0 heterocycles. The molecule has 18 heavy (non-hydrogen) atoms. The Morgan fingerprint density at radius 1 is 1.33 bits per heavy atom. The number of rotatable bonds is 2. The van der Waals surface area contributed by atoms with Crippen molar-refractivity contribution in [2.75, 3.05) is 0 Å². The summed E-state index contributed by atoms with van der Waals surface area (Å²) in [7, 11) is 0. The normalized spacial score (nSPS) is 25.3. The van der Waals surface area contributed by atoms with Crippen molar-refractivity contribution >= 4 is 5.91 Å². The highest BCUT2D eigenvalue weighted by Crippen LogP contribution is 2.40. The summed E-state index contributed by atoms with van der Waals surface area (Å²) in [4.78, 5) is 12.0. The van der Waals surface area contributed by atoms with E-state index in [0.717, 1.165) is 0 Å². The average molecular weight is 251 g/mol. The summed E-state index contributed by atoms with van der Waals surface area (Å²) in [5.41, 5.74) is -0.523. The van der Waals surface area contributed by atoms with Crippen LogP contribution >= 0.6 is 0 Å². The Hall–Kier alpha value is -1.75. The van der Waals surface area contributed by atoms with Gasteiger partial charge in [0.1, 0.15) is 17.1 Å². The highest BCUT2D eigenvalue weighted by Gasteiger charge is 2.48. The van der Waals surface area contributed by atoms with Crippen LogP contribution in [0, 0.1) is 5.41 Å². The summed E-state index contributed by atoms with van der Waals surface area (Å²) in [6.45, 7) is 3.72. The van der Waals surface area contributed by atoms with Crippen molar-refractivity contribution in [2.45, 2.75) is 32.4 Å². The highest BCUT2D eigenvalue weighted by molar-refractivity contribution is 5.99. The maximum absolute atomic E-state index is 12.0. The summed E-state index contributed by atoms with van der Waals surface area (Å²) >= 11 is 0. The molecule has 2 unspecified atom stereocenters. The Kier molecular flexibility index (Phi) is 2.94. The Bertz CT molecular complexity index is 464. The molecule has 1 aromatic carbocycles. The molecule has 2 rings (SSSR count). The second kappa shape index (κ2) is 4.17. The first-order valence-corrected chi connectivity index (χ1v) is 5.84. The molecular weight excluding hydrogens is 234 g/mol. The molecule has 98 valence electrons. The number of aliphatic hydroxyl groups is 1. The van der Waals surface area contributed by atoms with Gasteiger partial charge >= 0.3 is 0 Å². The van der Waals surface area contributed by atoms with Crippen LogP contribution in [-0.4, -0.2) is 33.4 Å². The molecule has 5 heteroatoms. The minimum atomic E-state index is -0.532. The Labute approximate surface area is 105 Å². The number of aliphatic hydroxyl groups excluding tert-OH is 1. The standard InChI is InChI=1S/C13H17NO4/c1-13(2)9(6-10(13)17)14-12(18)11-7(15)4-3-5-8(11)16/h3-5,9-10,15-17H,6H2,1-2H3,(H,14,18). The van der Waals surface area contributed by atoms with Crippen LogP contribution in [0.1, 0.15) is 30.6 Å². The van der Waals surface area contributed by atoms with Gasteiger partial charge in [-0.15, -0.1) is 0 Å². The van der Waals surface area contributed by atoms with Crippen molar-refractivity contribution in [3.05, 3.63) is 23.8 Å². The lowest BCUT2D eigenvalue weighted by Crippen LogP contribution is -2.61. The summed E-state index contributed by atoms with van der Waals surface area (Å²) in [5, 5.41) is 31.5. The van der Waals surface area contributed by atoms with Crippen LogP contribution < -0.4 is 5.32 Å². The summed E-state index contributed by atoms with van der Waals surface area (Å²) in [6, 6.07) is 3.97. The first kappa shape index (κ1) is 12.7. The van der Waals surface area contributed by atoms with Crippen LogP contribution in [-0.2, 0) is 0 Å². The minimum absolute atomic E-state index is 0.130. The van der Waals surface area contributed by atoms with Gasteiger partial charge in [0, 0.05) is 11.5 Å². The SMILES string of the molecule is CC1(C)C(O)CC1NC(=O)c1c(O)cccc1O. The molecule has 2 atom stereocenters. The molecular formula is C13H17NO4. The van der Waals surface area contributed by atoms with Crippen LogP contribution in [0.3, 0.4) is 0 Å². The zero-order valence-electron chi connectivity index (χ0n) is 10.3. The van der Waals surface area contributed by atoms with Gasteiger partial charge in [-0.3, -0.25) is 4.79 Å². The molecule has 4 N–H and O–H groups in total. The summed E-state index contributed by atoms with van der Waals surface area (Å²) in [5.74, 6) is -1.05. The van der Waals surface area contributed by atoms with E-state index in [0.29, 0.717) is 6.42 Å². The van der Waals surface area contributed by atoms with Gasteiger partial charge in [-0.2, -0.15) is 0 Å². The van der Waals surface area contributed by atoms with E-state index < -0.39 is 17.4 Å². The van der Waals surface area contributed by atoms with Crippen molar-refractivity contribution < 1.29 is 20.1 Å². The molecule has 0 bridgehead atoms. The number of phenols is 2. The molecule has 1 amide bonds. The molecule has 1 saturated carbocycles. The number of hydrogen-bond acceptors (Lipinski definition) is 4. The first-order chi connectivity index (χ1) is 8.34. The number of amides is 1. The van der Waals surface area contributed by atoms with E-state index >= 15 is 0 Å². The summed E-state index contributed by atoms with van der Waals surface area (Å²) in [6.07, 6.45) is 0.0355. The highest BCUT2D eigenvalue weighted by atomic mass is 16.3. The van der Waals surface area contributed by atoms with E-state index in [1.165, 1.54) is 18.2 Å². The van der Waals surface area contributed by atoms with Crippen molar-refractivity contribution in [3.8, 4) is 11.5 Å². The number of carbonyl (C=O) groups is 1. The molecule has 1 aromatic rings. The van der Waals surface area contributed by atoms with Crippen molar-refractivity contribution in [3.63, 3.8) is 0 Å². The van der Waals surface area contributed by atoms with E-state index in [-0.39, 0.29) is 23.1 Å². The lowest BCUT2D eigenvalue weighted by atomic mass is 9.64. The number of phenolic OH excluding ortho intramolecular Hbond substituents is 2. The molecule has 1 aliphatic rings. The quantitative estimate of drug-likeness (QED) is 0.631. The molecule has 0 radical (unpaired) electrons. The van der Waals surface area contributed by atoms with E-state index in [4.69, 9.17) is 0 Å². The van der Waals surface area contributed by atoms with Gasteiger partial charge in [-0.05, 0) is 18.6 Å². The van der Waals surface area contributed by atoms with Crippen LogP contribution in [0.4, 0.5) is 0 Å². The number of carbonyl (C=O) groups excluding carboxylic acids is 1. The lowest BCUT2D eigenvalue weighted by molar-refractivity contribution is -0.0689. The first-order valence-electron chi connectivity index (χ1n) is 5.84. The van der Waals surface area contributed by atoms with Crippen molar-refractivity contribution in [2.24, 2.45) is 5.41 Å².